The lowest BCUT2D eigenvalue weighted by atomic mass is 9.88. The van der Waals surface area contributed by atoms with Crippen molar-refractivity contribution in [2.24, 2.45) is 5.92 Å². The van der Waals surface area contributed by atoms with E-state index in [1.54, 1.807) is 18.4 Å². The third kappa shape index (κ3) is 2.68. The van der Waals surface area contributed by atoms with Crippen molar-refractivity contribution < 1.29 is 9.53 Å². The molecule has 0 aliphatic heterocycles. The molecule has 1 amide bonds. The Kier molecular flexibility index (Phi) is 4.07. The summed E-state index contributed by atoms with van der Waals surface area (Å²) in [5.41, 5.74) is 8.57. The molecular formula is C17H20N2O2S. The normalized spacial score (nSPS) is 16.9. The highest BCUT2D eigenvalue weighted by Gasteiger charge is 2.26. The molecule has 5 heteroatoms. The lowest BCUT2D eigenvalue weighted by Gasteiger charge is -2.18. The molecule has 0 spiro atoms. The Labute approximate surface area is 134 Å². The molecule has 1 atom stereocenters. The van der Waals surface area contributed by atoms with Crippen LogP contribution in [-0.2, 0) is 12.8 Å². The first-order valence-corrected chi connectivity index (χ1v) is 8.26. The molecule has 116 valence electrons. The van der Waals surface area contributed by atoms with Crippen molar-refractivity contribution in [3.8, 4) is 5.75 Å². The number of ether oxygens (including phenoxy) is 1. The molecule has 1 aromatic carbocycles. The number of hydrogen-bond acceptors (Lipinski definition) is 4. The fraction of sp³-hybridized carbons (Fsp3) is 0.353. The van der Waals surface area contributed by atoms with E-state index in [9.17, 15) is 4.79 Å². The van der Waals surface area contributed by atoms with Gasteiger partial charge in [0.1, 0.15) is 5.75 Å². The highest BCUT2D eigenvalue weighted by molar-refractivity contribution is 7.16. The van der Waals surface area contributed by atoms with E-state index >= 15 is 0 Å². The van der Waals surface area contributed by atoms with Gasteiger partial charge in [0.15, 0.2) is 0 Å². The summed E-state index contributed by atoms with van der Waals surface area (Å²) in [5.74, 6) is 1.16. The number of fused-ring (bicyclic) bond motifs is 1. The monoisotopic (exact) mass is 316 g/mol. The SMILES string of the molecule is COc1ccccc1NC(=O)c1c(N)sc2c1CC[C@H](C)C2. The van der Waals surface area contributed by atoms with Crippen molar-refractivity contribution in [1.82, 2.24) is 0 Å². The van der Waals surface area contributed by atoms with Crippen LogP contribution in [0.1, 0.15) is 34.1 Å². The minimum Gasteiger partial charge on any atom is -0.495 e. The third-order valence-electron chi connectivity index (χ3n) is 4.12. The summed E-state index contributed by atoms with van der Waals surface area (Å²) in [6.07, 6.45) is 3.06. The van der Waals surface area contributed by atoms with Crippen LogP contribution in [0.2, 0.25) is 0 Å². The van der Waals surface area contributed by atoms with Gasteiger partial charge in [-0.15, -0.1) is 11.3 Å². The molecule has 4 nitrogen and oxygen atoms in total. The molecule has 3 rings (SSSR count). The Balaban J connectivity index is 1.90. The molecule has 1 aliphatic rings. The van der Waals surface area contributed by atoms with Crippen LogP contribution in [-0.4, -0.2) is 13.0 Å². The van der Waals surface area contributed by atoms with Crippen LogP contribution in [0.4, 0.5) is 10.7 Å². The fourth-order valence-corrected chi connectivity index (χ4v) is 4.23. The Morgan fingerprint density at radius 2 is 2.18 bits per heavy atom. The average Bonchev–Trinajstić information content (AvgIpc) is 2.82. The van der Waals surface area contributed by atoms with Gasteiger partial charge in [0.05, 0.1) is 23.4 Å². The standard InChI is InChI=1S/C17H20N2O2S/c1-10-7-8-11-14(9-10)22-16(18)15(11)17(20)19-12-5-3-4-6-13(12)21-2/h3-6,10H,7-9,18H2,1-2H3,(H,19,20)/t10-/m0/s1. The molecule has 1 aliphatic carbocycles. The van der Waals surface area contributed by atoms with Gasteiger partial charge >= 0.3 is 0 Å². The zero-order valence-electron chi connectivity index (χ0n) is 12.8. The second-order valence-corrected chi connectivity index (χ2v) is 6.88. The van der Waals surface area contributed by atoms with E-state index in [0.717, 1.165) is 24.8 Å². The molecule has 0 saturated carbocycles. The average molecular weight is 316 g/mol. The van der Waals surface area contributed by atoms with E-state index in [0.29, 0.717) is 27.9 Å². The van der Waals surface area contributed by atoms with E-state index < -0.39 is 0 Å². The van der Waals surface area contributed by atoms with Gasteiger partial charge in [-0.25, -0.2) is 0 Å². The highest BCUT2D eigenvalue weighted by atomic mass is 32.1. The summed E-state index contributed by atoms with van der Waals surface area (Å²) in [5, 5.41) is 3.55. The summed E-state index contributed by atoms with van der Waals surface area (Å²) in [6, 6.07) is 7.39. The van der Waals surface area contributed by atoms with Crippen molar-refractivity contribution in [2.45, 2.75) is 26.2 Å². The zero-order valence-corrected chi connectivity index (χ0v) is 13.6. The fourth-order valence-electron chi connectivity index (χ4n) is 2.95. The topological polar surface area (TPSA) is 64.3 Å². The number of methoxy groups -OCH3 is 1. The molecule has 0 unspecified atom stereocenters. The van der Waals surface area contributed by atoms with Crippen LogP contribution in [0, 0.1) is 5.92 Å². The minimum atomic E-state index is -0.144. The summed E-state index contributed by atoms with van der Waals surface area (Å²) < 4.78 is 5.28. The molecule has 1 aromatic heterocycles. The third-order valence-corrected chi connectivity index (χ3v) is 5.20. The maximum atomic E-state index is 12.7. The largest absolute Gasteiger partial charge is 0.495 e. The number of hydrogen-bond donors (Lipinski definition) is 2. The Bertz CT molecular complexity index is 709. The van der Waals surface area contributed by atoms with Crippen LogP contribution < -0.4 is 15.8 Å². The van der Waals surface area contributed by atoms with E-state index in [1.165, 1.54) is 4.88 Å². The maximum absolute atomic E-state index is 12.7. The van der Waals surface area contributed by atoms with Gasteiger partial charge in [0.25, 0.3) is 5.91 Å². The number of thiophene rings is 1. The van der Waals surface area contributed by atoms with E-state index in [-0.39, 0.29) is 5.91 Å². The van der Waals surface area contributed by atoms with E-state index in [1.807, 2.05) is 24.3 Å². The van der Waals surface area contributed by atoms with Crippen LogP contribution in [0.3, 0.4) is 0 Å². The molecule has 0 fully saturated rings. The number of benzene rings is 1. The molecule has 0 bridgehead atoms. The molecule has 3 N–H and O–H groups in total. The van der Waals surface area contributed by atoms with Gasteiger partial charge in [-0.2, -0.15) is 0 Å². The number of para-hydroxylation sites is 2. The summed E-state index contributed by atoms with van der Waals surface area (Å²) in [4.78, 5) is 13.9. The van der Waals surface area contributed by atoms with Gasteiger partial charge in [0, 0.05) is 4.88 Å². The molecule has 1 heterocycles. The molecule has 2 aromatic rings. The van der Waals surface area contributed by atoms with Crippen molar-refractivity contribution >= 4 is 27.9 Å². The highest BCUT2D eigenvalue weighted by Crippen LogP contribution is 2.38. The number of rotatable bonds is 3. The number of amides is 1. The molecule has 0 saturated heterocycles. The quantitative estimate of drug-likeness (QED) is 0.907. The number of nitrogens with one attached hydrogen (secondary N) is 1. The van der Waals surface area contributed by atoms with Gasteiger partial charge in [-0.1, -0.05) is 19.1 Å². The summed E-state index contributed by atoms with van der Waals surface area (Å²) >= 11 is 1.56. The Morgan fingerprint density at radius 1 is 1.41 bits per heavy atom. The van der Waals surface area contributed by atoms with Crippen molar-refractivity contribution in [3.63, 3.8) is 0 Å². The first-order chi connectivity index (χ1) is 10.6. The zero-order chi connectivity index (χ0) is 15.7. The van der Waals surface area contributed by atoms with Crippen LogP contribution >= 0.6 is 11.3 Å². The molecule has 22 heavy (non-hydrogen) atoms. The Hall–Kier alpha value is -2.01. The van der Waals surface area contributed by atoms with Crippen molar-refractivity contribution in [2.75, 3.05) is 18.2 Å². The summed E-state index contributed by atoms with van der Waals surface area (Å²) in [7, 11) is 1.59. The van der Waals surface area contributed by atoms with E-state index in [2.05, 4.69) is 12.2 Å². The van der Waals surface area contributed by atoms with Gasteiger partial charge in [-0.3, -0.25) is 4.79 Å². The predicted molar refractivity (Wildman–Crippen MR) is 90.9 cm³/mol. The lowest BCUT2D eigenvalue weighted by molar-refractivity contribution is 0.102. The second-order valence-electron chi connectivity index (χ2n) is 5.75. The number of nitrogens with two attached hydrogens (primary N) is 1. The van der Waals surface area contributed by atoms with Crippen molar-refractivity contribution in [1.29, 1.82) is 0 Å². The van der Waals surface area contributed by atoms with Crippen LogP contribution in [0.25, 0.3) is 0 Å². The molecular weight excluding hydrogens is 296 g/mol. The van der Waals surface area contributed by atoms with E-state index in [4.69, 9.17) is 10.5 Å². The summed E-state index contributed by atoms with van der Waals surface area (Å²) in [6.45, 7) is 2.24. The first-order valence-electron chi connectivity index (χ1n) is 7.44. The second kappa shape index (κ2) is 6.01. The lowest BCUT2D eigenvalue weighted by Crippen LogP contribution is -2.17. The minimum absolute atomic E-state index is 0.144. The van der Waals surface area contributed by atoms with Gasteiger partial charge in [-0.05, 0) is 42.9 Å². The van der Waals surface area contributed by atoms with Gasteiger partial charge in [0.2, 0.25) is 0 Å². The number of carbonyl (C=O) groups is 1. The molecule has 0 radical (unpaired) electrons. The van der Waals surface area contributed by atoms with Crippen LogP contribution in [0.5, 0.6) is 5.75 Å². The van der Waals surface area contributed by atoms with Gasteiger partial charge < -0.3 is 15.8 Å². The smallest absolute Gasteiger partial charge is 0.259 e. The number of anilines is 2. The maximum Gasteiger partial charge on any atom is 0.259 e. The predicted octanol–water partition coefficient (Wildman–Crippen LogP) is 3.72. The number of carbonyl (C=O) groups excluding carboxylic acids is 1. The van der Waals surface area contributed by atoms with Crippen LogP contribution in [0.15, 0.2) is 24.3 Å². The van der Waals surface area contributed by atoms with Crippen molar-refractivity contribution in [3.05, 3.63) is 40.3 Å². The number of nitrogen functional groups attached to an aromatic ring is 1. The first kappa shape index (κ1) is 14.9. The Morgan fingerprint density at radius 3 is 2.95 bits per heavy atom.